The van der Waals surface area contributed by atoms with Gasteiger partial charge in [-0.05, 0) is 24.3 Å². The Morgan fingerprint density at radius 3 is 2.20 bits per heavy atom. The van der Waals surface area contributed by atoms with Crippen molar-refractivity contribution in [2.45, 2.75) is 4.90 Å². The Kier molecular flexibility index (Phi) is 3.77. The molecular formula is C6H9N3O4S2. The Labute approximate surface area is 89.1 Å². The van der Waals surface area contributed by atoms with E-state index in [0.29, 0.717) is 5.69 Å². The molecule has 0 radical (unpaired) electrons. The lowest BCUT2D eigenvalue weighted by atomic mass is 10.3. The smallest absolute Gasteiger partial charge is 0.250 e. The van der Waals surface area contributed by atoms with Gasteiger partial charge in [-0.25, -0.2) is 17.8 Å². The minimum Gasteiger partial charge on any atom is -0.308 e. The molecule has 1 atom stereocenters. The van der Waals surface area contributed by atoms with Crippen LogP contribution in [0.1, 0.15) is 0 Å². The van der Waals surface area contributed by atoms with E-state index in [2.05, 4.69) is 5.43 Å². The molecule has 0 saturated heterocycles. The predicted molar refractivity (Wildman–Crippen MR) is 55.3 cm³/mol. The Hall–Kier alpha value is -1.00. The first kappa shape index (κ1) is 12.1. The molecule has 15 heavy (non-hydrogen) atoms. The van der Waals surface area contributed by atoms with E-state index in [1.54, 1.807) is 0 Å². The van der Waals surface area contributed by atoms with Gasteiger partial charge in [0.1, 0.15) is 0 Å². The predicted octanol–water partition coefficient (Wildman–Crippen LogP) is -0.613. The maximum Gasteiger partial charge on any atom is 0.250 e. The highest BCUT2D eigenvalue weighted by atomic mass is 32.2. The Morgan fingerprint density at radius 2 is 1.80 bits per heavy atom. The summed E-state index contributed by atoms with van der Waals surface area (Å²) < 4.78 is 40.3. The zero-order chi connectivity index (χ0) is 11.5. The van der Waals surface area contributed by atoms with Crippen molar-refractivity contribution in [1.29, 1.82) is 0 Å². The molecule has 0 aliphatic rings. The minimum atomic E-state index is -3.71. The van der Waals surface area contributed by atoms with Crippen LogP contribution in [0.5, 0.6) is 0 Å². The number of benzene rings is 1. The number of hydrazine groups is 1. The standard InChI is InChI=1S/C6H9N3O4S2/c7-15(12,13)6-3-1-5(2-4-6)8-9-14(10)11/h1-4,8-9H,(H,10,11)(H2,7,12,13). The van der Waals surface area contributed by atoms with Gasteiger partial charge >= 0.3 is 0 Å². The van der Waals surface area contributed by atoms with Crippen LogP contribution in [0.4, 0.5) is 5.69 Å². The van der Waals surface area contributed by atoms with Crippen LogP contribution >= 0.6 is 0 Å². The van der Waals surface area contributed by atoms with Crippen LogP contribution in [0.3, 0.4) is 0 Å². The Balaban J connectivity index is 2.77. The molecule has 0 amide bonds. The lowest BCUT2D eigenvalue weighted by Gasteiger charge is -2.04. The summed E-state index contributed by atoms with van der Waals surface area (Å²) in [6.07, 6.45) is 0. The summed E-state index contributed by atoms with van der Waals surface area (Å²) in [4.78, 5) is 1.99. The van der Waals surface area contributed by atoms with Crippen LogP contribution in [0, 0.1) is 0 Å². The summed E-state index contributed by atoms with van der Waals surface area (Å²) in [5.74, 6) is 0. The summed E-state index contributed by atoms with van der Waals surface area (Å²) in [6, 6.07) is 5.36. The third kappa shape index (κ3) is 3.93. The summed E-state index contributed by atoms with van der Waals surface area (Å²) in [7, 11) is -3.71. The molecule has 0 spiro atoms. The summed E-state index contributed by atoms with van der Waals surface area (Å²) in [5, 5.41) is 4.88. The SMILES string of the molecule is NS(=O)(=O)c1ccc(NNS(=O)O)cc1. The van der Waals surface area contributed by atoms with Crippen LogP contribution in [0.2, 0.25) is 0 Å². The number of hydrogen-bond acceptors (Lipinski definition) is 4. The normalized spacial score (nSPS) is 13.5. The Morgan fingerprint density at radius 1 is 1.27 bits per heavy atom. The third-order valence-electron chi connectivity index (χ3n) is 1.47. The number of sulfonamides is 1. The van der Waals surface area contributed by atoms with Crippen molar-refractivity contribution in [3.8, 4) is 0 Å². The van der Waals surface area contributed by atoms with E-state index in [0.717, 1.165) is 0 Å². The van der Waals surface area contributed by atoms with E-state index in [1.807, 2.05) is 4.83 Å². The van der Waals surface area contributed by atoms with Crippen molar-refractivity contribution in [2.75, 3.05) is 5.43 Å². The first-order valence-electron chi connectivity index (χ1n) is 3.65. The number of nitrogens with two attached hydrogens (primary N) is 1. The monoisotopic (exact) mass is 251 g/mol. The van der Waals surface area contributed by atoms with E-state index >= 15 is 0 Å². The highest BCUT2D eigenvalue weighted by molar-refractivity contribution is 7.89. The molecule has 0 aliphatic heterocycles. The molecule has 0 fully saturated rings. The van der Waals surface area contributed by atoms with Crippen LogP contribution in [0.25, 0.3) is 0 Å². The first-order chi connectivity index (χ1) is 6.89. The van der Waals surface area contributed by atoms with Crippen LogP contribution < -0.4 is 15.4 Å². The van der Waals surface area contributed by atoms with Gasteiger partial charge in [-0.3, -0.25) is 4.55 Å². The molecule has 7 nitrogen and oxygen atoms in total. The van der Waals surface area contributed by atoms with Crippen molar-refractivity contribution in [1.82, 2.24) is 4.83 Å². The molecule has 0 saturated carbocycles. The van der Waals surface area contributed by atoms with E-state index in [9.17, 15) is 12.6 Å². The van der Waals surface area contributed by atoms with Gasteiger partial charge in [-0.15, -0.1) is 4.83 Å². The van der Waals surface area contributed by atoms with E-state index in [1.165, 1.54) is 24.3 Å². The maximum atomic E-state index is 10.9. The average Bonchev–Trinajstić information content (AvgIpc) is 2.14. The molecule has 1 aromatic carbocycles. The van der Waals surface area contributed by atoms with Gasteiger partial charge in [-0.1, -0.05) is 0 Å². The number of nitrogens with one attached hydrogen (secondary N) is 2. The van der Waals surface area contributed by atoms with Crippen LogP contribution in [-0.2, 0) is 21.3 Å². The number of rotatable bonds is 4. The molecule has 1 rings (SSSR count). The molecule has 0 aliphatic carbocycles. The molecule has 84 valence electrons. The topological polar surface area (TPSA) is 122 Å². The zero-order valence-electron chi connectivity index (χ0n) is 7.38. The second kappa shape index (κ2) is 4.68. The van der Waals surface area contributed by atoms with Gasteiger partial charge in [-0.2, -0.15) is 0 Å². The fourth-order valence-corrected chi connectivity index (χ4v) is 1.55. The van der Waals surface area contributed by atoms with Gasteiger partial charge < -0.3 is 5.43 Å². The van der Waals surface area contributed by atoms with Crippen molar-refractivity contribution < 1.29 is 17.2 Å². The quantitative estimate of drug-likeness (QED) is 0.420. The molecule has 9 heteroatoms. The summed E-state index contributed by atoms with van der Waals surface area (Å²) >= 11 is -2.19. The largest absolute Gasteiger partial charge is 0.308 e. The fraction of sp³-hybridized carbons (Fsp3) is 0. The Bertz CT molecular complexity index is 456. The zero-order valence-corrected chi connectivity index (χ0v) is 9.01. The average molecular weight is 251 g/mol. The molecule has 0 heterocycles. The van der Waals surface area contributed by atoms with Crippen LogP contribution in [-0.4, -0.2) is 17.2 Å². The van der Waals surface area contributed by atoms with E-state index < -0.39 is 21.3 Å². The minimum absolute atomic E-state index is 0.0295. The van der Waals surface area contributed by atoms with Gasteiger partial charge in [0, 0.05) is 5.69 Å². The summed E-state index contributed by atoms with van der Waals surface area (Å²) in [5.41, 5.74) is 2.82. The molecule has 1 aromatic rings. The highest BCUT2D eigenvalue weighted by Gasteiger charge is 2.06. The second-order valence-corrected chi connectivity index (χ2v) is 4.81. The van der Waals surface area contributed by atoms with Crippen molar-refractivity contribution in [3.05, 3.63) is 24.3 Å². The lowest BCUT2D eigenvalue weighted by Crippen LogP contribution is -2.23. The van der Waals surface area contributed by atoms with Gasteiger partial charge in [0.25, 0.3) is 0 Å². The van der Waals surface area contributed by atoms with Gasteiger partial charge in [0.2, 0.25) is 21.3 Å². The maximum absolute atomic E-state index is 10.9. The van der Waals surface area contributed by atoms with E-state index in [-0.39, 0.29) is 4.90 Å². The molecular weight excluding hydrogens is 242 g/mol. The first-order valence-corrected chi connectivity index (χ1v) is 6.30. The molecule has 0 bridgehead atoms. The fourth-order valence-electron chi connectivity index (χ4n) is 0.831. The molecule has 5 N–H and O–H groups in total. The van der Waals surface area contributed by atoms with Crippen LogP contribution in [0.15, 0.2) is 29.2 Å². The lowest BCUT2D eigenvalue weighted by molar-refractivity contribution is 0.555. The van der Waals surface area contributed by atoms with Crippen molar-refractivity contribution in [3.63, 3.8) is 0 Å². The molecule has 0 aromatic heterocycles. The number of anilines is 1. The van der Waals surface area contributed by atoms with Crippen molar-refractivity contribution >= 4 is 27.0 Å². The second-order valence-electron chi connectivity index (χ2n) is 2.55. The summed E-state index contributed by atoms with van der Waals surface area (Å²) in [6.45, 7) is 0. The highest BCUT2D eigenvalue weighted by Crippen LogP contribution is 2.11. The number of hydrogen-bond donors (Lipinski definition) is 4. The molecule has 1 unspecified atom stereocenters. The number of primary sulfonamides is 1. The van der Waals surface area contributed by atoms with Gasteiger partial charge in [0.15, 0.2) is 0 Å². The van der Waals surface area contributed by atoms with E-state index in [4.69, 9.17) is 9.69 Å². The van der Waals surface area contributed by atoms with Gasteiger partial charge in [0.05, 0.1) is 4.90 Å². The third-order valence-corrected chi connectivity index (χ3v) is 2.67. The van der Waals surface area contributed by atoms with Crippen molar-refractivity contribution in [2.24, 2.45) is 5.14 Å².